The first-order valence-corrected chi connectivity index (χ1v) is 6.33. The molecule has 0 rings (SSSR count). The number of nitrogens with two attached hydrogens (primary N) is 1. The van der Waals surface area contributed by atoms with E-state index in [1.54, 1.807) is 0 Å². The van der Waals surface area contributed by atoms with Crippen LogP contribution in [0.1, 0.15) is 0 Å². The van der Waals surface area contributed by atoms with Crippen LogP contribution in [0.2, 0.25) is 0 Å². The van der Waals surface area contributed by atoms with Gasteiger partial charge in [-0.25, -0.2) is 4.57 Å². The quantitative estimate of drug-likeness (QED) is 0.350. The average Bonchev–Trinajstić information content (AvgIpc) is 1.84. The summed E-state index contributed by atoms with van der Waals surface area (Å²) in [6, 6.07) is 0. The molecule has 0 aliphatic rings. The van der Waals surface area contributed by atoms with Gasteiger partial charge < -0.3 is 5.73 Å². The highest BCUT2D eigenvalue weighted by Crippen LogP contribution is 2.52. The van der Waals surface area contributed by atoms with Crippen LogP contribution in [0.25, 0.3) is 0 Å². The normalized spacial score (nSPS) is 17.1. The number of hydrogen-bond acceptors (Lipinski definition) is 6. The predicted octanol–water partition coefficient (Wildman–Crippen LogP) is 0.479. The van der Waals surface area contributed by atoms with E-state index in [9.17, 15) is 9.13 Å². The van der Waals surface area contributed by atoms with E-state index in [1.807, 2.05) is 5.48 Å². The highest BCUT2D eigenvalue weighted by molar-refractivity contribution is 7.75. The number of phosphoric acid groups is 1. The van der Waals surface area contributed by atoms with Crippen molar-refractivity contribution in [2.75, 3.05) is 13.1 Å². The van der Waals surface area contributed by atoms with Crippen LogP contribution in [0.5, 0.6) is 0 Å². The molecule has 0 radical (unpaired) electrons. The summed E-state index contributed by atoms with van der Waals surface area (Å²) in [5, 5.41) is 0. The summed E-state index contributed by atoms with van der Waals surface area (Å²) in [5.74, 6) is 0. The van der Waals surface area contributed by atoms with Crippen molar-refractivity contribution in [1.82, 2.24) is 5.48 Å². The topological polar surface area (TPSA) is 111 Å². The SMILES string of the molecule is NCCNOP(=O)(O)O[P+](=O)Cl. The first-order chi connectivity index (χ1) is 5.48. The zero-order chi connectivity index (χ0) is 9.61. The Labute approximate surface area is 74.4 Å². The molecule has 2 unspecified atom stereocenters. The maximum absolute atomic E-state index is 10.6. The molecule has 4 N–H and O–H groups in total. The molecule has 12 heavy (non-hydrogen) atoms. The van der Waals surface area contributed by atoms with Crippen LogP contribution >= 0.6 is 26.4 Å². The first kappa shape index (κ1) is 12.4. The summed E-state index contributed by atoms with van der Waals surface area (Å²) in [6.07, 6.45) is 0. The second kappa shape index (κ2) is 5.96. The molecule has 10 heteroatoms. The molecule has 0 aliphatic carbocycles. The Bertz CT molecular complexity index is 200. The second-order valence-electron chi connectivity index (χ2n) is 1.54. The number of hydroxylamine groups is 1. The van der Waals surface area contributed by atoms with Crippen LogP contribution in [-0.2, 0) is 18.1 Å². The van der Waals surface area contributed by atoms with E-state index >= 15 is 0 Å². The van der Waals surface area contributed by atoms with Gasteiger partial charge in [0, 0.05) is 13.1 Å². The third kappa shape index (κ3) is 7.09. The third-order valence-electron chi connectivity index (χ3n) is 0.594. The molecule has 0 aliphatic heterocycles. The number of rotatable bonds is 6. The van der Waals surface area contributed by atoms with Crippen molar-refractivity contribution in [3.8, 4) is 0 Å². The predicted molar refractivity (Wildman–Crippen MR) is 42.5 cm³/mol. The van der Waals surface area contributed by atoms with E-state index in [0.717, 1.165) is 0 Å². The average molecular weight is 237 g/mol. The maximum atomic E-state index is 10.6. The van der Waals surface area contributed by atoms with Crippen molar-refractivity contribution < 1.29 is 23.0 Å². The fourth-order valence-corrected chi connectivity index (χ4v) is 2.02. The summed E-state index contributed by atoms with van der Waals surface area (Å²) in [4.78, 5) is 8.65. The monoisotopic (exact) mass is 237 g/mol. The second-order valence-corrected chi connectivity index (χ2v) is 4.56. The minimum Gasteiger partial charge on any atom is -0.329 e. The van der Waals surface area contributed by atoms with Crippen LogP contribution < -0.4 is 11.2 Å². The Balaban J connectivity index is 3.72. The third-order valence-corrected chi connectivity index (χ3v) is 2.85. The Morgan fingerprint density at radius 3 is 2.75 bits per heavy atom. The smallest absolute Gasteiger partial charge is 0.329 e. The van der Waals surface area contributed by atoms with Gasteiger partial charge in [0.2, 0.25) is 11.2 Å². The molecule has 0 saturated heterocycles. The molecule has 2 atom stereocenters. The van der Waals surface area contributed by atoms with Crippen molar-refractivity contribution >= 4 is 26.4 Å². The summed E-state index contributed by atoms with van der Waals surface area (Å²) in [5.41, 5.74) is 7.05. The van der Waals surface area contributed by atoms with E-state index in [1.165, 1.54) is 0 Å². The van der Waals surface area contributed by atoms with Gasteiger partial charge in [-0.05, 0) is 8.88 Å². The van der Waals surface area contributed by atoms with Crippen molar-refractivity contribution in [2.45, 2.75) is 0 Å². The van der Waals surface area contributed by atoms with E-state index in [0.29, 0.717) is 0 Å². The molecule has 0 saturated carbocycles. The standard InChI is InChI=1S/C2H7ClN2O5P2/c3-11(6)10-12(7,8)9-5-2-1-4/h5H,1-2,4H2/p+1. The Morgan fingerprint density at radius 1 is 1.75 bits per heavy atom. The minimum absolute atomic E-state index is 0.160. The molecule has 0 amide bonds. The number of hydrogen-bond donors (Lipinski definition) is 3. The lowest BCUT2D eigenvalue weighted by Crippen LogP contribution is -2.21. The molecule has 72 valence electrons. The zero-order valence-corrected chi connectivity index (χ0v) is 8.39. The highest BCUT2D eigenvalue weighted by Gasteiger charge is 2.34. The fraction of sp³-hybridized carbons (Fsp3) is 1.00. The zero-order valence-electron chi connectivity index (χ0n) is 5.84. The molecule has 0 aromatic heterocycles. The molecule has 7 nitrogen and oxygen atoms in total. The van der Waals surface area contributed by atoms with Gasteiger partial charge in [0.1, 0.15) is 0 Å². The Morgan fingerprint density at radius 2 is 2.33 bits per heavy atom. The van der Waals surface area contributed by atoms with Crippen molar-refractivity contribution in [2.24, 2.45) is 5.73 Å². The van der Waals surface area contributed by atoms with Crippen LogP contribution in [0.15, 0.2) is 0 Å². The summed E-state index contributed by atoms with van der Waals surface area (Å²) < 4.78 is 28.7. The molecular weight excluding hydrogens is 229 g/mol. The molecule has 0 fully saturated rings. The van der Waals surface area contributed by atoms with Crippen LogP contribution in [0.3, 0.4) is 0 Å². The summed E-state index contributed by atoms with van der Waals surface area (Å²) in [6.45, 7) is 0.375. The number of nitrogens with one attached hydrogen (secondary N) is 1. The minimum atomic E-state index is -4.36. The fourth-order valence-electron chi connectivity index (χ4n) is 0.284. The van der Waals surface area contributed by atoms with E-state index in [2.05, 4.69) is 8.94 Å². The van der Waals surface area contributed by atoms with Crippen molar-refractivity contribution in [3.63, 3.8) is 0 Å². The van der Waals surface area contributed by atoms with Crippen molar-refractivity contribution in [1.29, 1.82) is 0 Å². The van der Waals surface area contributed by atoms with E-state index in [4.69, 9.17) is 21.9 Å². The van der Waals surface area contributed by atoms with Gasteiger partial charge in [-0.2, -0.15) is 10.1 Å². The first-order valence-electron chi connectivity index (χ1n) is 2.75. The van der Waals surface area contributed by atoms with Crippen LogP contribution in [-0.4, -0.2) is 18.0 Å². The Kier molecular flexibility index (Phi) is 6.17. The van der Waals surface area contributed by atoms with Gasteiger partial charge in [-0.15, -0.1) is 0 Å². The number of halogens is 1. The molecule has 0 aromatic rings. The largest absolute Gasteiger partial charge is 0.644 e. The van der Waals surface area contributed by atoms with Crippen LogP contribution in [0.4, 0.5) is 0 Å². The summed E-state index contributed by atoms with van der Waals surface area (Å²) >= 11 is 4.80. The van der Waals surface area contributed by atoms with Gasteiger partial charge in [0.05, 0.1) is 0 Å². The summed E-state index contributed by atoms with van der Waals surface area (Å²) in [7, 11) is -7.06. The van der Waals surface area contributed by atoms with Crippen LogP contribution in [0, 0.1) is 0 Å². The molecule has 0 aromatic carbocycles. The van der Waals surface area contributed by atoms with Gasteiger partial charge in [-0.3, -0.25) is 4.89 Å². The molecular formula is C2H8ClN2O5P2+. The van der Waals surface area contributed by atoms with Gasteiger partial charge in [-0.1, -0.05) is 0 Å². The highest BCUT2D eigenvalue weighted by atomic mass is 35.7. The molecule has 0 heterocycles. The lowest BCUT2D eigenvalue weighted by Gasteiger charge is -2.03. The van der Waals surface area contributed by atoms with Gasteiger partial charge >= 0.3 is 15.2 Å². The molecule has 0 bridgehead atoms. The maximum Gasteiger partial charge on any atom is 0.644 e. The lowest BCUT2D eigenvalue weighted by atomic mass is 10.7. The van der Waals surface area contributed by atoms with Crippen molar-refractivity contribution in [3.05, 3.63) is 0 Å². The van der Waals surface area contributed by atoms with Gasteiger partial charge in [0.25, 0.3) is 0 Å². The van der Waals surface area contributed by atoms with Gasteiger partial charge in [0.15, 0.2) is 0 Å². The lowest BCUT2D eigenvalue weighted by molar-refractivity contribution is 0.135. The van der Waals surface area contributed by atoms with E-state index < -0.39 is 15.2 Å². The van der Waals surface area contributed by atoms with E-state index in [-0.39, 0.29) is 13.1 Å². The Hall–Kier alpha value is 0.420. The molecule has 0 spiro atoms.